The van der Waals surface area contributed by atoms with Gasteiger partial charge in [-0.2, -0.15) is 0 Å². The number of hydrogen-bond acceptors (Lipinski definition) is 15. The van der Waals surface area contributed by atoms with Gasteiger partial charge in [0, 0.05) is 72.9 Å². The van der Waals surface area contributed by atoms with Crippen LogP contribution in [-0.2, 0) is 77.8 Å². The van der Waals surface area contributed by atoms with Crippen LogP contribution in [0.1, 0.15) is 86.1 Å². The number of nitrogens with zero attached hydrogens (tertiary/aromatic N) is 2. The fourth-order valence-electron chi connectivity index (χ4n) is 10.9. The van der Waals surface area contributed by atoms with E-state index in [-0.39, 0.29) is 58.3 Å². The molecule has 2 aliphatic heterocycles. The molecule has 0 spiro atoms. The van der Waals surface area contributed by atoms with Crippen molar-refractivity contribution in [1.82, 2.24) is 0 Å². The zero-order chi connectivity index (χ0) is 52.2. The Kier molecular flexibility index (Phi) is 19.4. The lowest BCUT2D eigenvalue weighted by Crippen LogP contribution is -2.53. The van der Waals surface area contributed by atoms with E-state index < -0.39 is 11.9 Å². The maximum atomic E-state index is 12.9. The Morgan fingerprint density at radius 1 is 0.528 bits per heavy atom. The van der Waals surface area contributed by atoms with Crippen LogP contribution in [-0.4, -0.2) is 143 Å². The van der Waals surface area contributed by atoms with E-state index >= 15 is 0 Å². The molecule has 4 unspecified atom stereocenters. The van der Waals surface area contributed by atoms with Crippen molar-refractivity contribution in [2.75, 3.05) is 96.1 Å². The molecular weight excluding hydrogens is 929 g/mol. The fourth-order valence-corrected chi connectivity index (χ4v) is 10.9. The summed E-state index contributed by atoms with van der Waals surface area (Å²) in [6.45, 7) is 1.62. The first-order valence-electron chi connectivity index (χ1n) is 24.4. The van der Waals surface area contributed by atoms with Crippen molar-refractivity contribution >= 4 is 11.9 Å². The molecule has 0 amide bonds. The topological polar surface area (TPSA) is 209 Å². The smallest absolute Gasteiger partial charge is 0.331 e. The average molecular weight is 1000 g/mol. The lowest BCUT2D eigenvalue weighted by atomic mass is 9.82. The Bertz CT molecular complexity index is 2510. The molecular formula is C55H74N2O15+2. The highest BCUT2D eigenvalue weighted by Crippen LogP contribution is 2.47. The molecule has 4 aromatic rings. The fraction of sp³-hybridized carbons (Fsp3) is 0.491. The highest BCUT2D eigenvalue weighted by molar-refractivity contribution is 5.91. The second kappa shape index (κ2) is 25.2. The molecule has 4 aromatic carbocycles. The predicted molar refractivity (Wildman–Crippen MR) is 267 cm³/mol. The number of esters is 2. The van der Waals surface area contributed by atoms with Crippen molar-refractivity contribution in [1.29, 1.82) is 0 Å². The Hall–Kier alpha value is -5.92. The van der Waals surface area contributed by atoms with Crippen LogP contribution in [0.15, 0.2) is 54.6 Å². The second-order valence-corrected chi connectivity index (χ2v) is 18.9. The maximum Gasteiger partial charge on any atom is 0.331 e. The molecule has 0 saturated heterocycles. The van der Waals surface area contributed by atoms with Gasteiger partial charge in [0.05, 0.1) is 135 Å². The predicted octanol–water partition coefficient (Wildman–Crippen LogP) is 4.90. The van der Waals surface area contributed by atoms with Gasteiger partial charge in [-0.1, -0.05) is 12.1 Å². The number of hydrogen-bond donors (Lipinski definition) is 5. The van der Waals surface area contributed by atoms with Crippen LogP contribution >= 0.6 is 0 Å². The number of aliphatic hydroxyl groups excluding tert-OH is 5. The van der Waals surface area contributed by atoms with Crippen LogP contribution in [0, 0.1) is 0 Å². The van der Waals surface area contributed by atoms with Crippen molar-refractivity contribution in [2.45, 2.75) is 83.6 Å². The van der Waals surface area contributed by atoms with Gasteiger partial charge in [-0.05, 0) is 63.7 Å². The third kappa shape index (κ3) is 12.1. The molecule has 2 heterocycles. The number of quaternary nitrogens is 2. The summed E-state index contributed by atoms with van der Waals surface area (Å²) >= 11 is 0. The maximum absolute atomic E-state index is 12.9. The molecule has 5 N–H and O–H groups in total. The summed E-state index contributed by atoms with van der Waals surface area (Å²) in [6, 6.07) is 13.4. The molecule has 0 aliphatic carbocycles. The van der Waals surface area contributed by atoms with Gasteiger partial charge in [-0.15, -0.1) is 0 Å². The summed E-state index contributed by atoms with van der Waals surface area (Å²) in [5.74, 6) is 1.97. The number of fused-ring (bicyclic) bond motifs is 2. The van der Waals surface area contributed by atoms with Crippen LogP contribution in [0.2, 0.25) is 0 Å². The minimum atomic E-state index is -0.673. The lowest BCUT2D eigenvalue weighted by molar-refractivity contribution is -0.941. The Morgan fingerprint density at radius 3 is 1.54 bits per heavy atom. The van der Waals surface area contributed by atoms with Gasteiger partial charge in [0.2, 0.25) is 0 Å². The van der Waals surface area contributed by atoms with Gasteiger partial charge in [0.1, 0.15) is 23.6 Å². The van der Waals surface area contributed by atoms with E-state index in [0.29, 0.717) is 123 Å². The van der Waals surface area contributed by atoms with E-state index in [1.54, 1.807) is 35.5 Å². The molecule has 0 bridgehead atoms. The molecule has 392 valence electrons. The summed E-state index contributed by atoms with van der Waals surface area (Å²) < 4.78 is 46.5. The molecule has 17 nitrogen and oxygen atoms in total. The number of likely N-dealkylation sites (N-methyl/N-ethyl adjacent to an activating group) is 2. The summed E-state index contributed by atoms with van der Waals surface area (Å²) in [4.78, 5) is 25.8. The molecule has 17 heteroatoms. The van der Waals surface area contributed by atoms with Crippen molar-refractivity contribution in [3.63, 3.8) is 0 Å². The third-order valence-electron chi connectivity index (χ3n) is 14.8. The van der Waals surface area contributed by atoms with Gasteiger partial charge in [0.15, 0.2) is 23.0 Å². The minimum Gasteiger partial charge on any atom is -0.496 e. The van der Waals surface area contributed by atoms with Gasteiger partial charge in [0.25, 0.3) is 0 Å². The highest BCUT2D eigenvalue weighted by atomic mass is 16.5. The van der Waals surface area contributed by atoms with Crippen molar-refractivity contribution < 1.29 is 82.0 Å². The number of carbonyl (C=O) groups excluding carboxylic acids is 2. The van der Waals surface area contributed by atoms with Gasteiger partial charge >= 0.3 is 11.9 Å². The third-order valence-corrected chi connectivity index (χ3v) is 14.8. The zero-order valence-corrected chi connectivity index (χ0v) is 43.1. The van der Waals surface area contributed by atoms with E-state index in [1.165, 1.54) is 7.11 Å². The first kappa shape index (κ1) is 55.4. The molecule has 4 atom stereocenters. The Balaban J connectivity index is 1.09. The van der Waals surface area contributed by atoms with Crippen molar-refractivity contribution in [3.05, 3.63) is 116 Å². The molecule has 72 heavy (non-hydrogen) atoms. The molecule has 0 fully saturated rings. The van der Waals surface area contributed by atoms with E-state index in [1.807, 2.05) is 42.5 Å². The molecule has 2 aliphatic rings. The van der Waals surface area contributed by atoms with E-state index in [2.05, 4.69) is 14.1 Å². The molecule has 6 rings (SSSR count). The summed E-state index contributed by atoms with van der Waals surface area (Å²) in [5, 5.41) is 51.2. The Labute approximate surface area is 422 Å². The monoisotopic (exact) mass is 1000 g/mol. The van der Waals surface area contributed by atoms with Crippen molar-refractivity contribution in [3.8, 4) is 34.5 Å². The van der Waals surface area contributed by atoms with E-state index in [4.69, 9.17) is 37.9 Å². The number of benzene rings is 4. The quantitative estimate of drug-likeness (QED) is 0.0259. The van der Waals surface area contributed by atoms with Gasteiger partial charge in [-0.3, -0.25) is 0 Å². The number of ether oxygens (including phenoxy) is 8. The van der Waals surface area contributed by atoms with Gasteiger partial charge < -0.3 is 72.4 Å². The first-order chi connectivity index (χ1) is 34.7. The summed E-state index contributed by atoms with van der Waals surface area (Å²) in [7, 11) is 13.8. The van der Waals surface area contributed by atoms with E-state index in [9.17, 15) is 35.1 Å². The Morgan fingerprint density at radius 2 is 1.01 bits per heavy atom. The standard InChI is InChI=1S/C55H74N2O15/c1-56(17-13-37-28-48(66-4)49(67-5)29-42(37)45(56)23-36-22-41(32-60)54(69-7)50(26-36)68-6)15-9-19-71-51(63)11-12-52(64)72-20-10-16-57(2)18-14-38-27-40(31-59)44(34-62)55(70-8)53(38)46(57)24-35-21-39(30-58)43(33-61)47(25-35)65-3/h11-12,21-22,25-29,45-46,58-62H,9-10,13-20,23-24,30-34H2,1-8H3/q+2. The first-order valence-corrected chi connectivity index (χ1v) is 24.4. The van der Waals surface area contributed by atoms with Crippen LogP contribution in [0.25, 0.3) is 0 Å². The molecule has 0 aromatic heterocycles. The number of methoxy groups -OCH3 is 6. The number of carbonyl (C=O) groups is 2. The van der Waals surface area contributed by atoms with E-state index in [0.717, 1.165) is 58.5 Å². The molecule has 0 radical (unpaired) electrons. The van der Waals surface area contributed by atoms with Crippen molar-refractivity contribution in [2.24, 2.45) is 0 Å². The SMILES string of the molecule is COc1cc2c(cc1OC)C(Cc1cc(CO)c(OC)c(OC)c1)[N+](C)(CCCOC(=O)C=CC(=O)OCCC[N+]1(C)CCc3cc(CO)c(CO)c(OC)c3C1Cc1cc(CO)c(CO)c(OC)c1)CC2. The number of rotatable bonds is 25. The largest absolute Gasteiger partial charge is 0.496 e. The molecule has 0 saturated carbocycles. The van der Waals surface area contributed by atoms with Crippen LogP contribution in [0.3, 0.4) is 0 Å². The van der Waals surface area contributed by atoms with Crippen LogP contribution in [0.4, 0.5) is 0 Å². The van der Waals surface area contributed by atoms with Crippen LogP contribution in [0.5, 0.6) is 34.5 Å². The second-order valence-electron chi connectivity index (χ2n) is 18.9. The lowest BCUT2D eigenvalue weighted by Gasteiger charge is -2.46. The van der Waals surface area contributed by atoms with Crippen LogP contribution < -0.4 is 28.4 Å². The average Bonchev–Trinajstić information content (AvgIpc) is 3.40. The number of aliphatic hydroxyl groups is 5. The normalized spacial score (nSPS) is 19.3. The summed E-state index contributed by atoms with van der Waals surface area (Å²) in [5.41, 5.74) is 8.82. The summed E-state index contributed by atoms with van der Waals surface area (Å²) in [6.07, 6.45) is 5.76. The van der Waals surface area contributed by atoms with Gasteiger partial charge in [-0.25, -0.2) is 9.59 Å². The zero-order valence-electron chi connectivity index (χ0n) is 43.1. The minimum absolute atomic E-state index is 0.0410. The highest BCUT2D eigenvalue weighted by Gasteiger charge is 2.43.